The fourth-order valence-electron chi connectivity index (χ4n) is 1.26. The summed E-state index contributed by atoms with van der Waals surface area (Å²) in [6.45, 7) is 1.87. The Morgan fingerprint density at radius 3 is 3.40 bits per heavy atom. The number of imidazole rings is 1. The molecule has 0 fully saturated rings. The van der Waals surface area contributed by atoms with E-state index in [4.69, 9.17) is 5.84 Å². The third-order valence-corrected chi connectivity index (χ3v) is 1.81. The Kier molecular flexibility index (Phi) is 1.14. The number of nitrogens with two attached hydrogens (primary N) is 1. The van der Waals surface area contributed by atoms with Gasteiger partial charge in [-0.05, 0) is 0 Å². The highest BCUT2D eigenvalue weighted by molar-refractivity contribution is 5.15. The largest absolute Gasteiger partial charge is 0.338 e. The van der Waals surface area contributed by atoms with Gasteiger partial charge in [0, 0.05) is 19.5 Å². The van der Waals surface area contributed by atoms with E-state index >= 15 is 0 Å². The summed E-state index contributed by atoms with van der Waals surface area (Å²) >= 11 is 0. The number of nitrogen functional groups attached to an aromatic ring is 1. The maximum atomic E-state index is 5.59. The smallest absolute Gasteiger partial charge is 0.114 e. The predicted octanol–water partition coefficient (Wildman–Crippen LogP) is -0.757. The summed E-state index contributed by atoms with van der Waals surface area (Å²) in [4.78, 5) is 4.13. The third kappa shape index (κ3) is 0.690. The molecule has 54 valence electrons. The average Bonchev–Trinajstić information content (AvgIpc) is 2.34. The lowest BCUT2D eigenvalue weighted by Gasteiger charge is -2.11. The van der Waals surface area contributed by atoms with E-state index < -0.39 is 0 Å². The highest BCUT2D eigenvalue weighted by Crippen LogP contribution is 2.08. The van der Waals surface area contributed by atoms with Crippen LogP contribution in [0, 0.1) is 0 Å². The molecule has 1 aliphatic heterocycles. The highest BCUT2D eigenvalue weighted by Gasteiger charge is 2.12. The number of rotatable bonds is 0. The molecule has 1 aromatic heterocycles. The molecule has 4 heteroatoms. The first-order chi connectivity index (χ1) is 4.88. The van der Waals surface area contributed by atoms with Crippen LogP contribution in [-0.2, 0) is 13.0 Å². The van der Waals surface area contributed by atoms with E-state index in [1.165, 1.54) is 5.69 Å². The highest BCUT2D eigenvalue weighted by atomic mass is 15.3. The van der Waals surface area contributed by atoms with E-state index in [0.29, 0.717) is 0 Å². The predicted molar refractivity (Wildman–Crippen MR) is 37.8 cm³/mol. The summed E-state index contributed by atoms with van der Waals surface area (Å²) in [5.41, 5.74) is 2.26. The molecule has 0 aromatic carbocycles. The monoisotopic (exact) mass is 138 g/mol. The van der Waals surface area contributed by atoms with Crippen molar-refractivity contribution < 1.29 is 0 Å². The Hall–Kier alpha value is -1.03. The van der Waals surface area contributed by atoms with Crippen LogP contribution in [0.3, 0.4) is 0 Å². The van der Waals surface area contributed by atoms with Gasteiger partial charge < -0.3 is 11.2 Å². The van der Waals surface area contributed by atoms with Crippen molar-refractivity contribution in [2.24, 2.45) is 0 Å². The van der Waals surface area contributed by atoms with Crippen molar-refractivity contribution in [1.82, 2.24) is 15.0 Å². The Morgan fingerprint density at radius 1 is 1.70 bits per heavy atom. The van der Waals surface area contributed by atoms with Crippen molar-refractivity contribution in [2.75, 3.05) is 12.4 Å². The zero-order chi connectivity index (χ0) is 6.97. The third-order valence-electron chi connectivity index (χ3n) is 1.81. The molecule has 0 aliphatic carbocycles. The van der Waals surface area contributed by atoms with Gasteiger partial charge in [-0.1, -0.05) is 0 Å². The van der Waals surface area contributed by atoms with Gasteiger partial charge >= 0.3 is 0 Å². The van der Waals surface area contributed by atoms with Crippen LogP contribution in [0.1, 0.15) is 11.4 Å². The van der Waals surface area contributed by atoms with Gasteiger partial charge in [0.25, 0.3) is 0 Å². The summed E-state index contributed by atoms with van der Waals surface area (Å²) in [5.74, 6) is 5.59. The minimum Gasteiger partial charge on any atom is -0.338 e. The first-order valence-corrected chi connectivity index (χ1v) is 3.39. The Labute approximate surface area is 59.0 Å². The summed E-state index contributed by atoms with van der Waals surface area (Å²) in [5, 5.41) is 3.22. The number of aromatic nitrogens is 2. The number of hydrogen-bond donors (Lipinski definition) is 2. The quantitative estimate of drug-likeness (QED) is 0.463. The standard InChI is InChI=1S/C6H10N4/c7-10-4-9-5-3-8-2-1-6(5)10/h4,8H,1-3,7H2. The van der Waals surface area contributed by atoms with E-state index in [1.807, 2.05) is 0 Å². The molecule has 0 unspecified atom stereocenters. The van der Waals surface area contributed by atoms with Crippen LogP contribution in [0.5, 0.6) is 0 Å². The molecule has 0 amide bonds. The first kappa shape index (κ1) is 5.73. The minimum atomic E-state index is 0.861. The van der Waals surface area contributed by atoms with Crippen molar-refractivity contribution in [3.05, 3.63) is 17.7 Å². The maximum Gasteiger partial charge on any atom is 0.114 e. The second kappa shape index (κ2) is 1.98. The second-order valence-corrected chi connectivity index (χ2v) is 2.47. The van der Waals surface area contributed by atoms with Crippen LogP contribution in [0.4, 0.5) is 0 Å². The van der Waals surface area contributed by atoms with E-state index in [1.54, 1.807) is 11.0 Å². The van der Waals surface area contributed by atoms with Crippen LogP contribution in [-0.4, -0.2) is 16.2 Å². The fraction of sp³-hybridized carbons (Fsp3) is 0.500. The number of nitrogens with one attached hydrogen (secondary N) is 1. The van der Waals surface area contributed by atoms with E-state index in [2.05, 4.69) is 10.3 Å². The lowest BCUT2D eigenvalue weighted by atomic mass is 10.2. The number of fused-ring (bicyclic) bond motifs is 1. The molecule has 0 spiro atoms. The molecule has 3 N–H and O–H groups in total. The Bertz CT molecular complexity index is 240. The van der Waals surface area contributed by atoms with Gasteiger partial charge in [-0.15, -0.1) is 0 Å². The maximum absolute atomic E-state index is 5.59. The molecule has 0 saturated heterocycles. The SMILES string of the molecule is Nn1cnc2c1CCNC2. The molecular weight excluding hydrogens is 128 g/mol. The van der Waals surface area contributed by atoms with Crippen LogP contribution in [0.2, 0.25) is 0 Å². The van der Waals surface area contributed by atoms with Gasteiger partial charge in [0.2, 0.25) is 0 Å². The molecular formula is C6H10N4. The van der Waals surface area contributed by atoms with Gasteiger partial charge in [-0.2, -0.15) is 0 Å². The van der Waals surface area contributed by atoms with E-state index in [9.17, 15) is 0 Å². The van der Waals surface area contributed by atoms with Crippen LogP contribution < -0.4 is 11.2 Å². The van der Waals surface area contributed by atoms with Gasteiger partial charge in [-0.3, -0.25) is 4.68 Å². The fourth-order valence-corrected chi connectivity index (χ4v) is 1.26. The Balaban J connectivity index is 2.45. The Morgan fingerprint density at radius 2 is 2.60 bits per heavy atom. The second-order valence-electron chi connectivity index (χ2n) is 2.47. The lowest BCUT2D eigenvalue weighted by molar-refractivity contribution is 0.617. The zero-order valence-corrected chi connectivity index (χ0v) is 5.67. The normalized spacial score (nSPS) is 16.8. The summed E-state index contributed by atoms with van der Waals surface area (Å²) in [6, 6.07) is 0. The van der Waals surface area contributed by atoms with Crippen molar-refractivity contribution >= 4 is 0 Å². The number of nitrogens with zero attached hydrogens (tertiary/aromatic N) is 2. The molecule has 0 radical (unpaired) electrons. The van der Waals surface area contributed by atoms with Crippen LogP contribution in [0.15, 0.2) is 6.33 Å². The molecule has 10 heavy (non-hydrogen) atoms. The molecule has 0 atom stereocenters. The first-order valence-electron chi connectivity index (χ1n) is 3.39. The molecule has 1 aliphatic rings. The van der Waals surface area contributed by atoms with Crippen LogP contribution in [0.25, 0.3) is 0 Å². The zero-order valence-electron chi connectivity index (χ0n) is 5.67. The molecule has 0 bridgehead atoms. The van der Waals surface area contributed by atoms with Crippen molar-refractivity contribution in [3.63, 3.8) is 0 Å². The topological polar surface area (TPSA) is 55.9 Å². The van der Waals surface area contributed by atoms with Gasteiger partial charge in [-0.25, -0.2) is 4.98 Å². The number of hydrogen-bond acceptors (Lipinski definition) is 3. The summed E-state index contributed by atoms with van der Waals surface area (Å²) < 4.78 is 1.61. The van der Waals surface area contributed by atoms with Gasteiger partial charge in [0.05, 0.1) is 11.4 Å². The lowest BCUT2D eigenvalue weighted by Crippen LogP contribution is -2.26. The molecule has 0 saturated carbocycles. The van der Waals surface area contributed by atoms with Crippen LogP contribution >= 0.6 is 0 Å². The van der Waals surface area contributed by atoms with Crippen molar-refractivity contribution in [1.29, 1.82) is 0 Å². The molecule has 2 heterocycles. The minimum absolute atomic E-state index is 0.861. The average molecular weight is 138 g/mol. The molecule has 4 nitrogen and oxygen atoms in total. The van der Waals surface area contributed by atoms with E-state index in [0.717, 1.165) is 25.2 Å². The summed E-state index contributed by atoms with van der Waals surface area (Å²) in [6.07, 6.45) is 2.66. The van der Waals surface area contributed by atoms with Crippen molar-refractivity contribution in [2.45, 2.75) is 13.0 Å². The van der Waals surface area contributed by atoms with Gasteiger partial charge in [0.1, 0.15) is 6.33 Å². The summed E-state index contributed by atoms with van der Waals surface area (Å²) in [7, 11) is 0. The van der Waals surface area contributed by atoms with Gasteiger partial charge in [0.15, 0.2) is 0 Å². The molecule has 1 aromatic rings. The van der Waals surface area contributed by atoms with E-state index in [-0.39, 0.29) is 0 Å². The van der Waals surface area contributed by atoms with Crippen molar-refractivity contribution in [3.8, 4) is 0 Å². The molecule has 2 rings (SSSR count).